The molecule has 0 aliphatic carbocycles. The van der Waals surface area contributed by atoms with Crippen molar-refractivity contribution in [1.29, 1.82) is 0 Å². The molecule has 0 spiro atoms. The van der Waals surface area contributed by atoms with Crippen LogP contribution >= 0.6 is 15.9 Å². The maximum atomic E-state index is 12.0. The Bertz CT molecular complexity index is 497. The molecule has 3 amide bonds. The predicted molar refractivity (Wildman–Crippen MR) is 82.1 cm³/mol. The van der Waals surface area contributed by atoms with Crippen molar-refractivity contribution in [3.63, 3.8) is 0 Å². The van der Waals surface area contributed by atoms with Crippen molar-refractivity contribution in [3.8, 4) is 0 Å². The molecule has 0 aliphatic rings. The number of amides is 3. The number of carbonyl (C=O) groups is 2. The molecule has 5 nitrogen and oxygen atoms in total. The predicted octanol–water partition coefficient (Wildman–Crippen LogP) is 2.46. The molecule has 1 aromatic rings. The number of urea groups is 1. The van der Waals surface area contributed by atoms with Crippen molar-refractivity contribution in [2.24, 2.45) is 5.73 Å². The van der Waals surface area contributed by atoms with E-state index in [1.165, 1.54) is 0 Å². The van der Waals surface area contributed by atoms with Crippen LogP contribution in [-0.2, 0) is 4.79 Å². The van der Waals surface area contributed by atoms with Crippen molar-refractivity contribution >= 4 is 27.9 Å². The van der Waals surface area contributed by atoms with Crippen LogP contribution in [0.1, 0.15) is 38.8 Å². The lowest BCUT2D eigenvalue weighted by atomic mass is 10.0. The molecule has 1 unspecified atom stereocenters. The monoisotopic (exact) mass is 341 g/mol. The molecule has 0 saturated carbocycles. The van der Waals surface area contributed by atoms with Gasteiger partial charge < -0.3 is 16.4 Å². The molecule has 20 heavy (non-hydrogen) atoms. The normalized spacial score (nSPS) is 12.6. The van der Waals surface area contributed by atoms with Gasteiger partial charge in [0.05, 0.1) is 12.5 Å². The van der Waals surface area contributed by atoms with Crippen LogP contribution in [0.2, 0.25) is 0 Å². The summed E-state index contributed by atoms with van der Waals surface area (Å²) in [6, 6.07) is 6.31. The molecule has 0 aliphatic heterocycles. The van der Waals surface area contributed by atoms with E-state index in [1.807, 2.05) is 45.0 Å². The zero-order valence-electron chi connectivity index (χ0n) is 11.9. The number of halogens is 1. The number of primary amides is 1. The lowest BCUT2D eigenvalue weighted by molar-refractivity contribution is -0.122. The summed E-state index contributed by atoms with van der Waals surface area (Å²) in [5.74, 6) is -0.142. The van der Waals surface area contributed by atoms with Gasteiger partial charge in [-0.25, -0.2) is 4.79 Å². The van der Waals surface area contributed by atoms with E-state index in [0.29, 0.717) is 0 Å². The van der Waals surface area contributed by atoms with Gasteiger partial charge in [0.25, 0.3) is 0 Å². The first-order valence-electron chi connectivity index (χ1n) is 6.30. The number of benzene rings is 1. The van der Waals surface area contributed by atoms with Gasteiger partial charge in [-0.2, -0.15) is 0 Å². The van der Waals surface area contributed by atoms with Crippen LogP contribution in [0.3, 0.4) is 0 Å². The topological polar surface area (TPSA) is 84.2 Å². The quantitative estimate of drug-likeness (QED) is 0.785. The average molecular weight is 342 g/mol. The molecular weight excluding hydrogens is 322 g/mol. The highest BCUT2D eigenvalue weighted by molar-refractivity contribution is 9.10. The summed E-state index contributed by atoms with van der Waals surface area (Å²) in [5.41, 5.74) is 5.69. The molecule has 6 heteroatoms. The van der Waals surface area contributed by atoms with Crippen molar-refractivity contribution in [3.05, 3.63) is 34.3 Å². The first kappa shape index (κ1) is 16.5. The third kappa shape index (κ3) is 6.06. The molecule has 0 aromatic heterocycles. The summed E-state index contributed by atoms with van der Waals surface area (Å²) < 4.78 is 0.877. The summed E-state index contributed by atoms with van der Waals surface area (Å²) in [5, 5.41) is 5.46. The van der Waals surface area contributed by atoms with Crippen LogP contribution in [0.15, 0.2) is 28.7 Å². The summed E-state index contributed by atoms with van der Waals surface area (Å²) in [6.07, 6.45) is 0.136. The number of hydrogen-bond donors (Lipinski definition) is 3. The van der Waals surface area contributed by atoms with Crippen LogP contribution in [0.5, 0.6) is 0 Å². The van der Waals surface area contributed by atoms with E-state index in [1.54, 1.807) is 0 Å². The van der Waals surface area contributed by atoms with E-state index < -0.39 is 12.1 Å². The molecule has 1 rings (SSSR count). The van der Waals surface area contributed by atoms with Gasteiger partial charge in [-0.1, -0.05) is 28.1 Å². The van der Waals surface area contributed by atoms with Crippen molar-refractivity contribution < 1.29 is 9.59 Å². The van der Waals surface area contributed by atoms with E-state index >= 15 is 0 Å². The lowest BCUT2D eigenvalue weighted by Gasteiger charge is -2.23. The standard InChI is InChI=1S/C14H20BrN3O2/c1-14(2,3)18-12(19)8-11(17-13(16)20)9-5-4-6-10(15)7-9/h4-7,11H,8H2,1-3H3,(H,18,19)(H3,16,17,20). The Balaban J connectivity index is 2.85. The lowest BCUT2D eigenvalue weighted by Crippen LogP contribution is -2.43. The van der Waals surface area contributed by atoms with E-state index in [2.05, 4.69) is 26.6 Å². The minimum absolute atomic E-state index is 0.136. The summed E-state index contributed by atoms with van der Waals surface area (Å²) >= 11 is 3.37. The molecule has 4 N–H and O–H groups in total. The SMILES string of the molecule is CC(C)(C)NC(=O)CC(NC(N)=O)c1cccc(Br)c1. The van der Waals surface area contributed by atoms with Gasteiger partial charge in [0.15, 0.2) is 0 Å². The highest BCUT2D eigenvalue weighted by Gasteiger charge is 2.20. The average Bonchev–Trinajstić information content (AvgIpc) is 2.24. The van der Waals surface area contributed by atoms with Gasteiger partial charge in [-0.05, 0) is 38.5 Å². The molecule has 0 saturated heterocycles. The van der Waals surface area contributed by atoms with Crippen LogP contribution in [0.4, 0.5) is 4.79 Å². The third-order valence-corrected chi connectivity index (χ3v) is 2.96. The number of hydrogen-bond acceptors (Lipinski definition) is 2. The van der Waals surface area contributed by atoms with Gasteiger partial charge in [0, 0.05) is 10.0 Å². The zero-order chi connectivity index (χ0) is 15.3. The first-order chi connectivity index (χ1) is 9.17. The Labute approximate surface area is 127 Å². The van der Waals surface area contributed by atoms with E-state index in [0.717, 1.165) is 10.0 Å². The maximum Gasteiger partial charge on any atom is 0.312 e. The van der Waals surface area contributed by atoms with Gasteiger partial charge in [0.1, 0.15) is 0 Å². The maximum absolute atomic E-state index is 12.0. The Morgan fingerprint density at radius 3 is 2.50 bits per heavy atom. The number of rotatable bonds is 4. The van der Waals surface area contributed by atoms with Crippen LogP contribution < -0.4 is 16.4 Å². The Kier molecular flexibility index (Phi) is 5.56. The minimum Gasteiger partial charge on any atom is -0.352 e. The van der Waals surface area contributed by atoms with Gasteiger partial charge in [-0.3, -0.25) is 4.79 Å². The summed E-state index contributed by atoms with van der Waals surface area (Å²) in [7, 11) is 0. The smallest absolute Gasteiger partial charge is 0.312 e. The highest BCUT2D eigenvalue weighted by atomic mass is 79.9. The largest absolute Gasteiger partial charge is 0.352 e. The minimum atomic E-state index is -0.654. The van der Waals surface area contributed by atoms with Crippen molar-refractivity contribution in [2.75, 3.05) is 0 Å². The fourth-order valence-electron chi connectivity index (χ4n) is 1.80. The number of nitrogens with two attached hydrogens (primary N) is 1. The number of carbonyl (C=O) groups excluding carboxylic acids is 2. The second-order valence-corrected chi connectivity index (χ2v) is 6.53. The van der Waals surface area contributed by atoms with E-state index in [9.17, 15) is 9.59 Å². The molecule has 0 bridgehead atoms. The second-order valence-electron chi connectivity index (χ2n) is 5.62. The number of nitrogens with one attached hydrogen (secondary N) is 2. The van der Waals surface area contributed by atoms with E-state index in [-0.39, 0.29) is 17.9 Å². The molecule has 0 radical (unpaired) electrons. The van der Waals surface area contributed by atoms with Crippen LogP contribution in [-0.4, -0.2) is 17.5 Å². The third-order valence-electron chi connectivity index (χ3n) is 2.47. The van der Waals surface area contributed by atoms with Crippen molar-refractivity contribution in [1.82, 2.24) is 10.6 Å². The van der Waals surface area contributed by atoms with E-state index in [4.69, 9.17) is 5.73 Å². The summed E-state index contributed by atoms with van der Waals surface area (Å²) in [4.78, 5) is 23.1. The van der Waals surface area contributed by atoms with Crippen LogP contribution in [0, 0.1) is 0 Å². The highest BCUT2D eigenvalue weighted by Crippen LogP contribution is 2.21. The van der Waals surface area contributed by atoms with Crippen LogP contribution in [0.25, 0.3) is 0 Å². The molecule has 0 fully saturated rings. The second kappa shape index (κ2) is 6.74. The molecule has 0 heterocycles. The Morgan fingerprint density at radius 1 is 1.35 bits per heavy atom. The van der Waals surface area contributed by atoms with Crippen molar-refractivity contribution in [2.45, 2.75) is 38.8 Å². The first-order valence-corrected chi connectivity index (χ1v) is 7.09. The summed E-state index contributed by atoms with van der Waals surface area (Å²) in [6.45, 7) is 5.71. The Hall–Kier alpha value is -1.56. The van der Waals surface area contributed by atoms with Gasteiger partial charge in [0.2, 0.25) is 5.91 Å². The molecule has 110 valence electrons. The molecular formula is C14H20BrN3O2. The fraction of sp³-hybridized carbons (Fsp3) is 0.429. The zero-order valence-corrected chi connectivity index (χ0v) is 13.5. The Morgan fingerprint density at radius 2 is 2.00 bits per heavy atom. The molecule has 1 aromatic carbocycles. The van der Waals surface area contributed by atoms with Gasteiger partial charge >= 0.3 is 6.03 Å². The molecule has 1 atom stereocenters. The fourth-order valence-corrected chi connectivity index (χ4v) is 2.22. The van der Waals surface area contributed by atoms with Gasteiger partial charge in [-0.15, -0.1) is 0 Å².